The first-order chi connectivity index (χ1) is 8.28. The van der Waals surface area contributed by atoms with Crippen LogP contribution in [0.3, 0.4) is 0 Å². The lowest BCUT2D eigenvalue weighted by atomic mass is 10.2. The van der Waals surface area contributed by atoms with Crippen LogP contribution in [0.25, 0.3) is 0 Å². The van der Waals surface area contributed by atoms with E-state index in [2.05, 4.69) is 5.32 Å². The van der Waals surface area contributed by atoms with Crippen LogP contribution in [0.15, 0.2) is 24.3 Å². The lowest BCUT2D eigenvalue weighted by molar-refractivity contribution is 0.601. The lowest BCUT2D eigenvalue weighted by Gasteiger charge is -2.11. The molecule has 0 radical (unpaired) electrons. The average Bonchev–Trinajstić information content (AvgIpc) is 2.83. The van der Waals surface area contributed by atoms with Gasteiger partial charge in [0, 0.05) is 24.4 Å². The Bertz CT molecular complexity index is 543. The summed E-state index contributed by atoms with van der Waals surface area (Å²) in [5, 5.41) is 3.22. The van der Waals surface area contributed by atoms with Crippen LogP contribution in [0.4, 0.5) is 5.69 Å². The molecule has 0 saturated heterocycles. The Hall–Kier alpha value is -0.450. The molecular formula is C12H15Cl2NO2S. The third-order valence-electron chi connectivity index (χ3n) is 2.93. The van der Waals surface area contributed by atoms with Crippen LogP contribution in [0.5, 0.6) is 0 Å². The van der Waals surface area contributed by atoms with Crippen molar-refractivity contribution in [1.82, 2.24) is 0 Å². The molecule has 0 heterocycles. The maximum absolute atomic E-state index is 11.3. The van der Waals surface area contributed by atoms with Gasteiger partial charge in [-0.3, -0.25) is 0 Å². The highest BCUT2D eigenvalue weighted by atomic mass is 35.5. The van der Waals surface area contributed by atoms with E-state index in [1.165, 1.54) is 6.26 Å². The number of hydrogen-bond acceptors (Lipinski definition) is 3. The highest BCUT2D eigenvalue weighted by Gasteiger charge is 2.51. The predicted molar refractivity (Wildman–Crippen MR) is 76.0 cm³/mol. The van der Waals surface area contributed by atoms with Crippen molar-refractivity contribution in [2.75, 3.05) is 18.1 Å². The number of benzene rings is 1. The van der Waals surface area contributed by atoms with Crippen molar-refractivity contribution < 1.29 is 8.42 Å². The summed E-state index contributed by atoms with van der Waals surface area (Å²) in [4.78, 5) is 0. The summed E-state index contributed by atoms with van der Waals surface area (Å²) in [6, 6.07) is 7.38. The van der Waals surface area contributed by atoms with Gasteiger partial charge in [-0.2, -0.15) is 0 Å². The van der Waals surface area contributed by atoms with Gasteiger partial charge >= 0.3 is 0 Å². The summed E-state index contributed by atoms with van der Waals surface area (Å²) in [7, 11) is -3.04. The van der Waals surface area contributed by atoms with E-state index in [1.54, 1.807) is 0 Å². The van der Waals surface area contributed by atoms with E-state index in [4.69, 9.17) is 23.2 Å². The van der Waals surface area contributed by atoms with E-state index >= 15 is 0 Å². The maximum atomic E-state index is 11.3. The largest absolute Gasteiger partial charge is 0.384 e. The molecule has 6 heteroatoms. The number of sulfone groups is 1. The SMILES string of the molecule is CS(=O)(=O)Cc1ccccc1NCC1CC1(Cl)Cl. The Morgan fingerprint density at radius 1 is 1.39 bits per heavy atom. The lowest BCUT2D eigenvalue weighted by Crippen LogP contribution is -2.10. The number of alkyl halides is 2. The highest BCUT2D eigenvalue weighted by molar-refractivity contribution is 7.89. The number of para-hydroxylation sites is 1. The first kappa shape index (κ1) is 14.0. The summed E-state index contributed by atoms with van der Waals surface area (Å²) in [6.45, 7) is 0.660. The zero-order valence-corrected chi connectivity index (χ0v) is 12.3. The normalized spacial score (nSPS) is 21.6. The molecule has 1 saturated carbocycles. The molecule has 18 heavy (non-hydrogen) atoms. The molecule has 1 N–H and O–H groups in total. The van der Waals surface area contributed by atoms with Gasteiger partial charge in [0.05, 0.1) is 5.75 Å². The fraction of sp³-hybridized carbons (Fsp3) is 0.500. The minimum Gasteiger partial charge on any atom is -0.384 e. The van der Waals surface area contributed by atoms with Crippen molar-refractivity contribution in [2.24, 2.45) is 5.92 Å². The first-order valence-electron chi connectivity index (χ1n) is 5.65. The minimum absolute atomic E-state index is 0.0354. The average molecular weight is 308 g/mol. The second-order valence-electron chi connectivity index (χ2n) is 4.77. The van der Waals surface area contributed by atoms with E-state index in [0.717, 1.165) is 17.7 Å². The van der Waals surface area contributed by atoms with Crippen molar-refractivity contribution >= 4 is 38.7 Å². The summed E-state index contributed by atoms with van der Waals surface area (Å²) in [5.74, 6) is 0.264. The Labute approximate surface area is 117 Å². The fourth-order valence-corrected chi connectivity index (χ4v) is 3.17. The molecule has 1 aromatic rings. The van der Waals surface area contributed by atoms with Crippen molar-refractivity contribution in [3.8, 4) is 0 Å². The molecule has 2 rings (SSSR count). The monoisotopic (exact) mass is 307 g/mol. The summed E-state index contributed by atoms with van der Waals surface area (Å²) >= 11 is 11.9. The molecular weight excluding hydrogens is 293 g/mol. The van der Waals surface area contributed by atoms with Crippen LogP contribution in [0, 0.1) is 5.92 Å². The molecule has 0 amide bonds. The van der Waals surface area contributed by atoms with Gasteiger partial charge in [0.15, 0.2) is 9.84 Å². The Kier molecular flexibility index (Phi) is 3.81. The number of anilines is 1. The first-order valence-corrected chi connectivity index (χ1v) is 8.47. The predicted octanol–water partition coefficient (Wildman–Crippen LogP) is 2.84. The van der Waals surface area contributed by atoms with Crippen molar-refractivity contribution in [2.45, 2.75) is 16.5 Å². The van der Waals surface area contributed by atoms with Crippen molar-refractivity contribution in [1.29, 1.82) is 0 Å². The van der Waals surface area contributed by atoms with Crippen LogP contribution in [0.1, 0.15) is 12.0 Å². The second-order valence-corrected chi connectivity index (χ2v) is 8.45. The molecule has 0 spiro atoms. The minimum atomic E-state index is -3.04. The molecule has 1 aliphatic carbocycles. The highest BCUT2D eigenvalue weighted by Crippen LogP contribution is 2.52. The van der Waals surface area contributed by atoms with Crippen molar-refractivity contribution in [3.63, 3.8) is 0 Å². The fourth-order valence-electron chi connectivity index (χ4n) is 1.83. The van der Waals surface area contributed by atoms with E-state index in [-0.39, 0.29) is 11.7 Å². The van der Waals surface area contributed by atoms with Gasteiger partial charge in [0.2, 0.25) is 0 Å². The van der Waals surface area contributed by atoms with E-state index in [1.807, 2.05) is 24.3 Å². The molecule has 1 fully saturated rings. The molecule has 0 aliphatic heterocycles. The van der Waals surface area contributed by atoms with E-state index in [0.29, 0.717) is 6.54 Å². The Balaban J connectivity index is 2.04. The third kappa shape index (κ3) is 3.77. The van der Waals surface area contributed by atoms with E-state index < -0.39 is 14.2 Å². The summed E-state index contributed by atoms with van der Waals surface area (Å²) < 4.78 is 22.1. The summed E-state index contributed by atoms with van der Waals surface area (Å²) in [6.07, 6.45) is 2.00. The molecule has 3 nitrogen and oxygen atoms in total. The van der Waals surface area contributed by atoms with Gasteiger partial charge in [-0.25, -0.2) is 8.42 Å². The molecule has 1 aliphatic rings. The van der Waals surface area contributed by atoms with Crippen molar-refractivity contribution in [3.05, 3.63) is 29.8 Å². The molecule has 1 atom stereocenters. The Morgan fingerprint density at radius 3 is 2.56 bits per heavy atom. The van der Waals surface area contributed by atoms with Crippen LogP contribution in [-0.2, 0) is 15.6 Å². The van der Waals surface area contributed by atoms with Gasteiger partial charge in [-0.15, -0.1) is 23.2 Å². The van der Waals surface area contributed by atoms with Gasteiger partial charge in [0.25, 0.3) is 0 Å². The standard InChI is InChI=1S/C12H15Cl2NO2S/c1-18(16,17)8-9-4-2-3-5-11(9)15-7-10-6-12(10,13)14/h2-5,10,15H,6-8H2,1H3. The smallest absolute Gasteiger partial charge is 0.151 e. The number of rotatable bonds is 5. The molecule has 0 bridgehead atoms. The number of halogens is 2. The van der Waals surface area contributed by atoms with Crippen LogP contribution in [0.2, 0.25) is 0 Å². The summed E-state index contributed by atoms with van der Waals surface area (Å²) in [5.41, 5.74) is 1.61. The maximum Gasteiger partial charge on any atom is 0.151 e. The molecule has 0 aromatic heterocycles. The second kappa shape index (κ2) is 4.91. The van der Waals surface area contributed by atoms with Gasteiger partial charge in [-0.1, -0.05) is 18.2 Å². The van der Waals surface area contributed by atoms with E-state index in [9.17, 15) is 8.42 Å². The zero-order valence-electron chi connectivity index (χ0n) is 9.99. The number of hydrogen-bond donors (Lipinski definition) is 1. The van der Waals surface area contributed by atoms with Gasteiger partial charge in [-0.05, 0) is 18.1 Å². The number of nitrogens with one attached hydrogen (secondary N) is 1. The molecule has 1 aromatic carbocycles. The van der Waals surface area contributed by atoms with Crippen LogP contribution in [-0.4, -0.2) is 25.6 Å². The molecule has 100 valence electrons. The third-order valence-corrected chi connectivity index (χ3v) is 4.69. The topological polar surface area (TPSA) is 46.2 Å². The quantitative estimate of drug-likeness (QED) is 0.851. The Morgan fingerprint density at radius 2 is 2.00 bits per heavy atom. The molecule has 1 unspecified atom stereocenters. The van der Waals surface area contributed by atoms with Crippen LogP contribution < -0.4 is 5.32 Å². The van der Waals surface area contributed by atoms with Crippen LogP contribution >= 0.6 is 23.2 Å². The van der Waals surface area contributed by atoms with Gasteiger partial charge < -0.3 is 5.32 Å². The van der Waals surface area contributed by atoms with Gasteiger partial charge in [0.1, 0.15) is 4.33 Å². The zero-order chi connectivity index (χ0) is 13.4.